The lowest BCUT2D eigenvalue weighted by atomic mass is 10.0. The third-order valence-electron chi connectivity index (χ3n) is 4.56. The number of ether oxygens (including phenoxy) is 1. The fraction of sp³-hybridized carbons (Fsp3) is 0.190. The van der Waals surface area contributed by atoms with Crippen molar-refractivity contribution in [1.29, 1.82) is 0 Å². The number of hydrogen-bond donors (Lipinski definition) is 1. The number of pyridine rings is 1. The van der Waals surface area contributed by atoms with Crippen molar-refractivity contribution in [2.75, 3.05) is 6.54 Å². The number of rotatable bonds is 4. The molecule has 2 heterocycles. The summed E-state index contributed by atoms with van der Waals surface area (Å²) in [6, 6.07) is 17.6. The first-order valence-corrected chi connectivity index (χ1v) is 8.61. The Hall–Kier alpha value is -2.92. The third-order valence-corrected chi connectivity index (χ3v) is 4.56. The van der Waals surface area contributed by atoms with E-state index in [1.165, 1.54) is 12.1 Å². The second kappa shape index (κ2) is 7.14. The molecular formula is C21H19FN2O2. The summed E-state index contributed by atoms with van der Waals surface area (Å²) in [5.41, 5.74) is 2.65. The van der Waals surface area contributed by atoms with Gasteiger partial charge in [-0.15, -0.1) is 0 Å². The molecule has 0 bridgehead atoms. The average Bonchev–Trinajstić information content (AvgIpc) is 2.67. The predicted molar refractivity (Wildman–Crippen MR) is 97.7 cm³/mol. The summed E-state index contributed by atoms with van der Waals surface area (Å²) in [5, 5.41) is 3.39. The summed E-state index contributed by atoms with van der Waals surface area (Å²) in [6.07, 6.45) is 1.78. The van der Waals surface area contributed by atoms with Crippen LogP contribution in [0.2, 0.25) is 0 Å². The standard InChI is InChI=1S/C21H19FN2O2/c22-17-8-6-16(7-9-17)21-18-12-19(25)20(13-24(18)11-10-23-21)26-14-15-4-2-1-3-5-15/h1-9,12-13,21,23H,10-11,14H2. The Morgan fingerprint density at radius 1 is 1.12 bits per heavy atom. The van der Waals surface area contributed by atoms with Gasteiger partial charge in [0.25, 0.3) is 0 Å². The van der Waals surface area contributed by atoms with Gasteiger partial charge in [0.15, 0.2) is 5.75 Å². The van der Waals surface area contributed by atoms with Gasteiger partial charge in [-0.3, -0.25) is 4.79 Å². The molecule has 0 saturated carbocycles. The van der Waals surface area contributed by atoms with Crippen LogP contribution < -0.4 is 15.5 Å². The molecular weight excluding hydrogens is 331 g/mol. The minimum Gasteiger partial charge on any atom is -0.483 e. The first-order chi connectivity index (χ1) is 12.7. The molecule has 1 aromatic heterocycles. The van der Waals surface area contributed by atoms with E-state index in [4.69, 9.17) is 4.74 Å². The molecule has 0 amide bonds. The van der Waals surface area contributed by atoms with Crippen molar-refractivity contribution in [2.45, 2.75) is 19.2 Å². The number of benzene rings is 2. The van der Waals surface area contributed by atoms with Crippen molar-refractivity contribution in [3.63, 3.8) is 0 Å². The second-order valence-electron chi connectivity index (χ2n) is 6.33. The highest BCUT2D eigenvalue weighted by Crippen LogP contribution is 2.25. The quantitative estimate of drug-likeness (QED) is 0.785. The highest BCUT2D eigenvalue weighted by Gasteiger charge is 2.22. The zero-order valence-electron chi connectivity index (χ0n) is 14.2. The van der Waals surface area contributed by atoms with Crippen LogP contribution in [0, 0.1) is 5.82 Å². The SMILES string of the molecule is O=c1cc2n(cc1OCc1ccccc1)CCNC2c1ccc(F)cc1. The Morgan fingerprint density at radius 3 is 2.65 bits per heavy atom. The Labute approximate surface area is 150 Å². The normalized spacial score (nSPS) is 16.1. The van der Waals surface area contributed by atoms with Crippen molar-refractivity contribution >= 4 is 0 Å². The van der Waals surface area contributed by atoms with Crippen LogP contribution >= 0.6 is 0 Å². The van der Waals surface area contributed by atoms with E-state index in [0.29, 0.717) is 12.4 Å². The van der Waals surface area contributed by atoms with E-state index in [2.05, 4.69) is 5.32 Å². The minimum absolute atomic E-state index is 0.139. The van der Waals surface area contributed by atoms with Crippen LogP contribution in [-0.4, -0.2) is 11.1 Å². The van der Waals surface area contributed by atoms with Crippen LogP contribution in [0.15, 0.2) is 71.7 Å². The van der Waals surface area contributed by atoms with Gasteiger partial charge < -0.3 is 14.6 Å². The van der Waals surface area contributed by atoms with Crippen molar-refractivity contribution in [3.05, 3.63) is 99.7 Å². The molecule has 2 aromatic carbocycles. The maximum absolute atomic E-state index is 13.2. The molecule has 0 fully saturated rings. The first-order valence-electron chi connectivity index (χ1n) is 8.61. The highest BCUT2D eigenvalue weighted by molar-refractivity contribution is 5.33. The van der Waals surface area contributed by atoms with E-state index >= 15 is 0 Å². The summed E-state index contributed by atoms with van der Waals surface area (Å²) in [5.74, 6) is 0.0731. The molecule has 1 aliphatic rings. The van der Waals surface area contributed by atoms with Gasteiger partial charge in [-0.1, -0.05) is 42.5 Å². The second-order valence-corrected chi connectivity index (χ2v) is 6.33. The summed E-state index contributed by atoms with van der Waals surface area (Å²) >= 11 is 0. The molecule has 0 aliphatic carbocycles. The van der Waals surface area contributed by atoms with E-state index in [1.807, 2.05) is 34.9 Å². The molecule has 4 nitrogen and oxygen atoms in total. The molecule has 4 rings (SSSR count). The van der Waals surface area contributed by atoms with Gasteiger partial charge in [-0.2, -0.15) is 0 Å². The van der Waals surface area contributed by atoms with Crippen molar-refractivity contribution < 1.29 is 9.13 Å². The highest BCUT2D eigenvalue weighted by atomic mass is 19.1. The Balaban J connectivity index is 1.61. The number of nitrogens with one attached hydrogen (secondary N) is 1. The summed E-state index contributed by atoms with van der Waals surface area (Å²) in [7, 11) is 0. The van der Waals surface area contributed by atoms with Gasteiger partial charge in [0, 0.05) is 24.8 Å². The molecule has 0 radical (unpaired) electrons. The van der Waals surface area contributed by atoms with Crippen molar-refractivity contribution in [1.82, 2.24) is 9.88 Å². The number of hydrogen-bond acceptors (Lipinski definition) is 3. The zero-order valence-corrected chi connectivity index (χ0v) is 14.2. The maximum atomic E-state index is 13.2. The fourth-order valence-corrected chi connectivity index (χ4v) is 3.23. The molecule has 132 valence electrons. The van der Waals surface area contributed by atoms with Crippen LogP contribution in [0.4, 0.5) is 4.39 Å². The van der Waals surface area contributed by atoms with Gasteiger partial charge >= 0.3 is 0 Å². The maximum Gasteiger partial charge on any atom is 0.223 e. The first kappa shape index (κ1) is 16.5. The molecule has 26 heavy (non-hydrogen) atoms. The zero-order chi connectivity index (χ0) is 17.9. The largest absolute Gasteiger partial charge is 0.483 e. The van der Waals surface area contributed by atoms with Gasteiger partial charge in [0.2, 0.25) is 5.43 Å². The van der Waals surface area contributed by atoms with Crippen LogP contribution in [0.1, 0.15) is 22.9 Å². The topological polar surface area (TPSA) is 43.3 Å². The van der Waals surface area contributed by atoms with Gasteiger partial charge in [0.1, 0.15) is 12.4 Å². The van der Waals surface area contributed by atoms with E-state index in [9.17, 15) is 9.18 Å². The van der Waals surface area contributed by atoms with Crippen molar-refractivity contribution in [3.8, 4) is 5.75 Å². The molecule has 1 atom stereocenters. The summed E-state index contributed by atoms with van der Waals surface area (Å²) in [4.78, 5) is 12.5. The smallest absolute Gasteiger partial charge is 0.223 e. The Morgan fingerprint density at radius 2 is 1.88 bits per heavy atom. The lowest BCUT2D eigenvalue weighted by Crippen LogP contribution is -2.36. The van der Waals surface area contributed by atoms with Gasteiger partial charge in [0.05, 0.1) is 12.2 Å². The lowest BCUT2D eigenvalue weighted by Gasteiger charge is -2.29. The minimum atomic E-state index is -0.272. The summed E-state index contributed by atoms with van der Waals surface area (Å²) in [6.45, 7) is 1.86. The van der Waals surface area contributed by atoms with Crippen LogP contribution in [0.3, 0.4) is 0 Å². The van der Waals surface area contributed by atoms with Gasteiger partial charge in [-0.05, 0) is 23.3 Å². The Bertz CT molecular complexity index is 952. The molecule has 0 spiro atoms. The fourth-order valence-electron chi connectivity index (χ4n) is 3.23. The molecule has 1 aliphatic heterocycles. The molecule has 3 aromatic rings. The molecule has 1 unspecified atom stereocenters. The Kier molecular flexibility index (Phi) is 4.54. The monoisotopic (exact) mass is 350 g/mol. The number of nitrogens with zero attached hydrogens (tertiary/aromatic N) is 1. The predicted octanol–water partition coefficient (Wildman–Crippen LogP) is 3.26. The van der Waals surface area contributed by atoms with Gasteiger partial charge in [-0.25, -0.2) is 4.39 Å². The molecule has 5 heteroatoms. The molecule has 0 saturated heterocycles. The van der Waals surface area contributed by atoms with Crippen molar-refractivity contribution in [2.24, 2.45) is 0 Å². The third kappa shape index (κ3) is 3.39. The van der Waals surface area contributed by atoms with E-state index in [-0.39, 0.29) is 17.3 Å². The summed E-state index contributed by atoms with van der Waals surface area (Å²) < 4.78 is 21.0. The van der Waals surface area contributed by atoms with E-state index < -0.39 is 0 Å². The van der Waals surface area contributed by atoms with E-state index in [1.54, 1.807) is 24.4 Å². The molecule has 1 N–H and O–H groups in total. The van der Waals surface area contributed by atoms with Crippen LogP contribution in [0.5, 0.6) is 5.75 Å². The average molecular weight is 350 g/mol. The van der Waals surface area contributed by atoms with Crippen LogP contribution in [-0.2, 0) is 13.2 Å². The lowest BCUT2D eigenvalue weighted by molar-refractivity contribution is 0.297. The number of fused-ring (bicyclic) bond motifs is 1. The number of halogens is 1. The number of aromatic nitrogens is 1. The van der Waals surface area contributed by atoms with Crippen LogP contribution in [0.25, 0.3) is 0 Å². The van der Waals surface area contributed by atoms with E-state index in [0.717, 1.165) is 29.9 Å².